The van der Waals surface area contributed by atoms with Gasteiger partial charge in [0.05, 0.1) is 0 Å². The lowest BCUT2D eigenvalue weighted by Crippen LogP contribution is -2.78. The minimum atomic E-state index is -2.52. The molecule has 144 valence electrons. The molecule has 0 atom stereocenters. The molecular weight excluding hydrogens is 384 g/mol. The predicted molar refractivity (Wildman–Crippen MR) is 129 cm³/mol. The summed E-state index contributed by atoms with van der Waals surface area (Å²) in [4.78, 5) is 0. The second-order valence-electron chi connectivity index (χ2n) is 7.16. The third-order valence-corrected chi connectivity index (χ3v) is 18.4. The number of benzene rings is 4. The van der Waals surface area contributed by atoms with Gasteiger partial charge in [-0.3, -0.25) is 0 Å². The highest BCUT2D eigenvalue weighted by molar-refractivity contribution is 7.49. The molecule has 0 unspecified atom stereocenters. The lowest BCUT2D eigenvalue weighted by molar-refractivity contribution is 0.351. The molecule has 0 amide bonds. The Morgan fingerprint density at radius 3 is 1.24 bits per heavy atom. The first-order valence-electron chi connectivity index (χ1n) is 10.2. The Labute approximate surface area is 176 Å². The van der Waals surface area contributed by atoms with E-state index in [2.05, 4.69) is 128 Å². The van der Waals surface area contributed by atoms with Crippen molar-refractivity contribution in [3.63, 3.8) is 0 Å². The van der Waals surface area contributed by atoms with Crippen LogP contribution >= 0.6 is 0 Å². The van der Waals surface area contributed by atoms with E-state index in [0.717, 1.165) is 0 Å². The van der Waals surface area contributed by atoms with Gasteiger partial charge < -0.3 is 4.43 Å². The summed E-state index contributed by atoms with van der Waals surface area (Å²) >= 11 is 0. The van der Waals surface area contributed by atoms with Gasteiger partial charge in [-0.15, -0.1) is 0 Å². The molecule has 0 aromatic heterocycles. The summed E-state index contributed by atoms with van der Waals surface area (Å²) in [6, 6.07) is 44.0. The topological polar surface area (TPSA) is 9.23 Å². The van der Waals surface area contributed by atoms with Crippen LogP contribution < -0.4 is 20.7 Å². The van der Waals surface area contributed by atoms with Gasteiger partial charge in [-0.05, 0) is 17.3 Å². The summed E-state index contributed by atoms with van der Waals surface area (Å²) in [5, 5.41) is 5.59. The molecule has 0 aliphatic heterocycles. The fraction of sp³-hybridized carbons (Fsp3) is 0.0769. The first-order chi connectivity index (χ1) is 14.4. The molecule has 4 aromatic carbocycles. The highest BCUT2D eigenvalue weighted by Gasteiger charge is 2.49. The summed E-state index contributed by atoms with van der Waals surface area (Å²) < 4.78 is 6.97. The van der Waals surface area contributed by atoms with Crippen molar-refractivity contribution in [1.82, 2.24) is 0 Å². The van der Waals surface area contributed by atoms with Crippen LogP contribution in [0.15, 0.2) is 121 Å². The van der Waals surface area contributed by atoms with Gasteiger partial charge in [0, 0.05) is 6.61 Å². The highest BCUT2D eigenvalue weighted by atomic mass is 29.2. The standard InChI is InChI=1S/C26H26OSi2/c1-2-27-29(25-19-11-5-12-20-25,26-21-13-6-14-22-26)28(23-15-7-3-8-16-23)24-17-9-4-10-18-24/h3-22,28H,2H2,1H3. The van der Waals surface area contributed by atoms with Crippen molar-refractivity contribution < 1.29 is 4.43 Å². The molecule has 0 heterocycles. The van der Waals surface area contributed by atoms with Gasteiger partial charge in [-0.25, -0.2) is 0 Å². The Kier molecular flexibility index (Phi) is 6.20. The fourth-order valence-electron chi connectivity index (χ4n) is 4.30. The molecule has 4 rings (SSSR count). The Morgan fingerprint density at radius 1 is 0.552 bits per heavy atom. The number of hydrogen-bond acceptors (Lipinski definition) is 1. The average molecular weight is 411 g/mol. The van der Waals surface area contributed by atoms with Crippen molar-refractivity contribution in [3.8, 4) is 0 Å². The normalized spacial score (nSPS) is 11.5. The van der Waals surface area contributed by atoms with Gasteiger partial charge in [-0.1, -0.05) is 132 Å². The van der Waals surface area contributed by atoms with Crippen molar-refractivity contribution >= 4 is 36.9 Å². The van der Waals surface area contributed by atoms with Crippen molar-refractivity contribution in [2.24, 2.45) is 0 Å². The monoisotopic (exact) mass is 410 g/mol. The van der Waals surface area contributed by atoms with Crippen LogP contribution in [0.2, 0.25) is 0 Å². The molecule has 0 N–H and O–H groups in total. The van der Waals surface area contributed by atoms with E-state index in [1.807, 2.05) is 0 Å². The molecule has 0 fully saturated rings. The maximum atomic E-state index is 6.97. The van der Waals surface area contributed by atoms with Gasteiger partial charge in [0.25, 0.3) is 0 Å². The van der Waals surface area contributed by atoms with Gasteiger partial charge in [-0.2, -0.15) is 0 Å². The van der Waals surface area contributed by atoms with Crippen molar-refractivity contribution in [1.29, 1.82) is 0 Å². The van der Waals surface area contributed by atoms with Crippen molar-refractivity contribution in [2.45, 2.75) is 6.92 Å². The van der Waals surface area contributed by atoms with E-state index in [0.29, 0.717) is 6.61 Å². The van der Waals surface area contributed by atoms with E-state index in [1.165, 1.54) is 20.7 Å². The first kappa shape index (κ1) is 19.6. The molecule has 1 nitrogen and oxygen atoms in total. The molecule has 0 aliphatic carbocycles. The van der Waals surface area contributed by atoms with Gasteiger partial charge in [0.15, 0.2) is 0 Å². The van der Waals surface area contributed by atoms with Gasteiger partial charge in [0.1, 0.15) is 8.31 Å². The number of hydrogen-bond donors (Lipinski definition) is 0. The Hall–Kier alpha value is -2.73. The van der Waals surface area contributed by atoms with Crippen LogP contribution in [0, 0.1) is 0 Å². The van der Waals surface area contributed by atoms with E-state index >= 15 is 0 Å². The quantitative estimate of drug-likeness (QED) is 0.426. The SMILES string of the molecule is CCO[Si](c1ccccc1)(c1ccccc1)[SiH](c1ccccc1)c1ccccc1. The van der Waals surface area contributed by atoms with Crippen LogP contribution in [0.1, 0.15) is 6.92 Å². The third kappa shape index (κ3) is 3.90. The molecule has 0 bridgehead atoms. The molecule has 0 saturated carbocycles. The fourth-order valence-corrected chi connectivity index (χ4v) is 18.3. The Balaban J connectivity index is 2.06. The summed E-state index contributed by atoms with van der Waals surface area (Å²) in [5.74, 6) is 0. The van der Waals surface area contributed by atoms with Crippen LogP contribution in [0.25, 0.3) is 0 Å². The Morgan fingerprint density at radius 2 is 0.897 bits per heavy atom. The Bertz CT molecular complexity index is 927. The highest BCUT2D eigenvalue weighted by Crippen LogP contribution is 2.14. The van der Waals surface area contributed by atoms with Crippen LogP contribution in [-0.2, 0) is 4.43 Å². The zero-order valence-electron chi connectivity index (χ0n) is 16.7. The molecular formula is C26H26OSi2. The molecule has 29 heavy (non-hydrogen) atoms. The molecule has 4 aromatic rings. The molecule has 3 heteroatoms. The van der Waals surface area contributed by atoms with Crippen molar-refractivity contribution in [2.75, 3.05) is 6.61 Å². The second kappa shape index (κ2) is 9.18. The van der Waals surface area contributed by atoms with Crippen LogP contribution in [0.3, 0.4) is 0 Å². The second-order valence-corrected chi connectivity index (χ2v) is 16.4. The summed E-state index contributed by atoms with van der Waals surface area (Å²) in [5.41, 5.74) is 0. The number of rotatable bonds is 7. The zero-order valence-corrected chi connectivity index (χ0v) is 18.9. The minimum absolute atomic E-state index is 0.708. The smallest absolute Gasteiger partial charge is 0.247 e. The van der Waals surface area contributed by atoms with E-state index in [4.69, 9.17) is 4.43 Å². The van der Waals surface area contributed by atoms with E-state index in [9.17, 15) is 0 Å². The van der Waals surface area contributed by atoms with E-state index in [1.54, 1.807) is 0 Å². The molecule has 0 spiro atoms. The van der Waals surface area contributed by atoms with Crippen molar-refractivity contribution in [3.05, 3.63) is 121 Å². The van der Waals surface area contributed by atoms with Gasteiger partial charge in [0.2, 0.25) is 7.83 Å². The predicted octanol–water partition coefficient (Wildman–Crippen LogP) is 2.90. The molecule has 0 aliphatic rings. The van der Waals surface area contributed by atoms with Gasteiger partial charge >= 0.3 is 0 Å². The maximum Gasteiger partial charge on any atom is 0.247 e. The molecule has 0 radical (unpaired) electrons. The largest absolute Gasteiger partial charge is 0.410 e. The van der Waals surface area contributed by atoms with Crippen LogP contribution in [-0.4, -0.2) is 22.8 Å². The van der Waals surface area contributed by atoms with Crippen LogP contribution in [0.4, 0.5) is 0 Å². The summed E-state index contributed by atoms with van der Waals surface area (Å²) in [6.07, 6.45) is 0. The minimum Gasteiger partial charge on any atom is -0.410 e. The lowest BCUT2D eigenvalue weighted by atomic mass is 10.4. The van der Waals surface area contributed by atoms with Crippen LogP contribution in [0.5, 0.6) is 0 Å². The van der Waals surface area contributed by atoms with E-state index in [-0.39, 0.29) is 0 Å². The maximum absolute atomic E-state index is 6.97. The summed E-state index contributed by atoms with van der Waals surface area (Å²) in [7, 11) is -4.28. The zero-order chi connectivity index (χ0) is 19.9. The average Bonchev–Trinajstić information content (AvgIpc) is 2.81. The lowest BCUT2D eigenvalue weighted by Gasteiger charge is -2.39. The third-order valence-electron chi connectivity index (χ3n) is 5.45. The first-order valence-corrected chi connectivity index (χ1v) is 15.1. The summed E-state index contributed by atoms with van der Waals surface area (Å²) in [6.45, 7) is 2.84. The van der Waals surface area contributed by atoms with E-state index < -0.39 is 16.1 Å². The molecule has 0 saturated heterocycles.